The molecule has 1 atom stereocenters. The molecule has 1 aliphatic heterocycles. The summed E-state index contributed by atoms with van der Waals surface area (Å²) in [5.74, 6) is -1.12. The number of amides is 1. The van der Waals surface area contributed by atoms with Crippen molar-refractivity contribution in [1.29, 1.82) is 0 Å². The molecule has 9 heteroatoms. The third-order valence-corrected chi connectivity index (χ3v) is 3.12. The van der Waals surface area contributed by atoms with Crippen LogP contribution in [0.3, 0.4) is 0 Å². The van der Waals surface area contributed by atoms with Gasteiger partial charge < -0.3 is 14.5 Å². The number of ether oxygens (including phenoxy) is 1. The highest BCUT2D eigenvalue weighted by Crippen LogP contribution is 2.34. The van der Waals surface area contributed by atoms with Gasteiger partial charge in [0.05, 0.1) is 12.8 Å². The zero-order valence-corrected chi connectivity index (χ0v) is 11.3. The first-order valence-electron chi connectivity index (χ1n) is 6.04. The summed E-state index contributed by atoms with van der Waals surface area (Å²) in [6, 6.07) is 2.79. The lowest BCUT2D eigenvalue weighted by atomic mass is 10.2. The highest BCUT2D eigenvalue weighted by Gasteiger charge is 2.48. The summed E-state index contributed by atoms with van der Waals surface area (Å²) in [4.78, 5) is 18.2. The van der Waals surface area contributed by atoms with Gasteiger partial charge in [-0.05, 0) is 6.07 Å². The molecule has 2 rings (SSSR count). The maximum absolute atomic E-state index is 13.2. The van der Waals surface area contributed by atoms with E-state index < -0.39 is 18.3 Å². The number of hydrogen-bond acceptors (Lipinski definition) is 4. The molecule has 21 heavy (non-hydrogen) atoms. The number of rotatable bonds is 2. The minimum absolute atomic E-state index is 0.0488. The van der Waals surface area contributed by atoms with Crippen molar-refractivity contribution in [1.82, 2.24) is 4.98 Å². The molecule has 0 fully saturated rings. The van der Waals surface area contributed by atoms with Crippen molar-refractivity contribution < 1.29 is 27.1 Å². The van der Waals surface area contributed by atoms with Crippen molar-refractivity contribution in [3.63, 3.8) is 0 Å². The van der Waals surface area contributed by atoms with Gasteiger partial charge in [0.1, 0.15) is 0 Å². The van der Waals surface area contributed by atoms with Gasteiger partial charge in [-0.1, -0.05) is 0 Å². The van der Waals surface area contributed by atoms with Crippen molar-refractivity contribution in [2.24, 2.45) is 0 Å². The molecule has 1 aromatic heterocycles. The number of carbonyl (C=O) groups excluding carboxylic acids is 1. The molecule has 1 aromatic rings. The largest absolute Gasteiger partial charge is 0.481 e. The van der Waals surface area contributed by atoms with Crippen LogP contribution in [0.25, 0.3) is 0 Å². The number of pyridine rings is 1. The van der Waals surface area contributed by atoms with E-state index in [0.29, 0.717) is 0 Å². The maximum atomic E-state index is 13.2. The van der Waals surface area contributed by atoms with E-state index in [-0.39, 0.29) is 30.5 Å². The molecule has 1 aliphatic rings. The maximum Gasteiger partial charge on any atom is 0.428 e. The number of alkyl halides is 4. The molecule has 1 unspecified atom stereocenters. The van der Waals surface area contributed by atoms with Crippen LogP contribution in [0.5, 0.6) is 5.88 Å². The van der Waals surface area contributed by atoms with Crippen molar-refractivity contribution in [3.05, 3.63) is 12.1 Å². The van der Waals surface area contributed by atoms with Gasteiger partial charge in [0.2, 0.25) is 5.88 Å². The molecule has 5 nitrogen and oxygen atoms in total. The molecule has 116 valence electrons. The van der Waals surface area contributed by atoms with E-state index >= 15 is 0 Å². The third-order valence-electron chi connectivity index (χ3n) is 3.12. The second-order valence-corrected chi connectivity index (χ2v) is 4.51. The molecule has 0 saturated heterocycles. The Morgan fingerprint density at radius 1 is 1.38 bits per heavy atom. The van der Waals surface area contributed by atoms with Crippen LogP contribution in [0, 0.1) is 0 Å². The molecule has 2 heterocycles. The second-order valence-electron chi connectivity index (χ2n) is 4.51. The number of aromatic nitrogens is 1. The molecule has 0 N–H and O–H groups in total. The van der Waals surface area contributed by atoms with Crippen LogP contribution >= 0.6 is 0 Å². The molecule has 0 aromatic carbocycles. The molecular formula is C12H13F4N3O2. The highest BCUT2D eigenvalue weighted by molar-refractivity contribution is 6.00. The van der Waals surface area contributed by atoms with E-state index in [1.165, 1.54) is 19.2 Å². The fourth-order valence-electron chi connectivity index (χ4n) is 2.01. The molecule has 0 spiro atoms. The topological polar surface area (TPSA) is 45.7 Å². The Balaban J connectivity index is 2.37. The Bertz CT molecular complexity index is 550. The van der Waals surface area contributed by atoms with Gasteiger partial charge in [0.15, 0.2) is 5.82 Å². The van der Waals surface area contributed by atoms with Crippen molar-refractivity contribution in [3.8, 4) is 5.88 Å². The molecule has 1 amide bonds. The van der Waals surface area contributed by atoms with Gasteiger partial charge in [-0.3, -0.25) is 4.79 Å². The predicted molar refractivity (Wildman–Crippen MR) is 67.4 cm³/mol. The van der Waals surface area contributed by atoms with Crippen LogP contribution in [-0.2, 0) is 4.79 Å². The SMILES string of the molecule is COc1ccc2c(n1)N(C)CCN2C(=O)C(F)C(F)(F)F. The number of nitrogens with zero attached hydrogens (tertiary/aromatic N) is 3. The lowest BCUT2D eigenvalue weighted by Gasteiger charge is -2.35. The van der Waals surface area contributed by atoms with E-state index in [9.17, 15) is 22.4 Å². The number of fused-ring (bicyclic) bond motifs is 1. The monoisotopic (exact) mass is 307 g/mol. The number of methoxy groups -OCH3 is 1. The predicted octanol–water partition coefficient (Wildman–Crippen LogP) is 1.77. The first-order chi connectivity index (χ1) is 9.75. The van der Waals surface area contributed by atoms with Gasteiger partial charge >= 0.3 is 6.18 Å². The van der Waals surface area contributed by atoms with Crippen LogP contribution in [0.4, 0.5) is 29.1 Å². The fraction of sp³-hybridized carbons (Fsp3) is 0.500. The van der Waals surface area contributed by atoms with Crippen molar-refractivity contribution in [2.45, 2.75) is 12.3 Å². The average molecular weight is 307 g/mol. The van der Waals surface area contributed by atoms with Crippen LogP contribution < -0.4 is 14.5 Å². The molecule has 0 aliphatic carbocycles. The van der Waals surface area contributed by atoms with Crippen LogP contribution in [0.2, 0.25) is 0 Å². The van der Waals surface area contributed by atoms with Gasteiger partial charge in [-0.15, -0.1) is 0 Å². The minimum Gasteiger partial charge on any atom is -0.481 e. The zero-order valence-electron chi connectivity index (χ0n) is 11.3. The average Bonchev–Trinajstić information content (AvgIpc) is 2.45. The Morgan fingerprint density at radius 3 is 2.62 bits per heavy atom. The number of carbonyl (C=O) groups is 1. The minimum atomic E-state index is -5.22. The number of hydrogen-bond donors (Lipinski definition) is 0. The third kappa shape index (κ3) is 2.86. The Labute approximate surface area is 118 Å². The quantitative estimate of drug-likeness (QED) is 0.781. The summed E-state index contributed by atoms with van der Waals surface area (Å²) in [5, 5.41) is 0. The second kappa shape index (κ2) is 5.38. The standard InChI is InChI=1S/C12H13F4N3O2/c1-18-5-6-19(11(20)9(13)12(14,15)16)7-3-4-8(21-2)17-10(7)18/h3-4,9H,5-6H2,1-2H3. The summed E-state index contributed by atoms with van der Waals surface area (Å²) in [6.45, 7) is 0.191. The van der Waals surface area contributed by atoms with E-state index in [2.05, 4.69) is 4.98 Å². The summed E-state index contributed by atoms with van der Waals surface area (Å²) in [5.41, 5.74) is 0.126. The number of anilines is 2. The normalized spacial score (nSPS) is 16.5. The van der Waals surface area contributed by atoms with Crippen LogP contribution in [0.15, 0.2) is 12.1 Å². The first-order valence-corrected chi connectivity index (χ1v) is 6.04. The lowest BCUT2D eigenvalue weighted by molar-refractivity contribution is -0.185. The summed E-state index contributed by atoms with van der Waals surface area (Å²) >= 11 is 0. The van der Waals surface area contributed by atoms with Gasteiger partial charge in [0.25, 0.3) is 12.1 Å². The Morgan fingerprint density at radius 2 is 2.05 bits per heavy atom. The molecular weight excluding hydrogens is 294 g/mol. The fourth-order valence-corrected chi connectivity index (χ4v) is 2.01. The summed E-state index contributed by atoms with van der Waals surface area (Å²) < 4.78 is 55.3. The van der Waals surface area contributed by atoms with Crippen molar-refractivity contribution >= 4 is 17.4 Å². The Hall–Kier alpha value is -2.06. The van der Waals surface area contributed by atoms with Crippen molar-refractivity contribution in [2.75, 3.05) is 37.0 Å². The summed E-state index contributed by atoms with van der Waals surface area (Å²) in [6.07, 6.45) is -8.77. The van der Waals surface area contributed by atoms with E-state index in [1.807, 2.05) is 0 Å². The van der Waals surface area contributed by atoms with Crippen LogP contribution in [-0.4, -0.2) is 50.5 Å². The number of halogens is 4. The van der Waals surface area contributed by atoms with E-state index in [0.717, 1.165) is 4.90 Å². The Kier molecular flexibility index (Phi) is 3.93. The van der Waals surface area contributed by atoms with E-state index in [1.54, 1.807) is 11.9 Å². The first kappa shape index (κ1) is 15.3. The van der Waals surface area contributed by atoms with E-state index in [4.69, 9.17) is 4.74 Å². The zero-order chi connectivity index (χ0) is 15.8. The van der Waals surface area contributed by atoms with Crippen LogP contribution in [0.1, 0.15) is 0 Å². The lowest BCUT2D eigenvalue weighted by Crippen LogP contribution is -2.49. The van der Waals surface area contributed by atoms with Gasteiger partial charge in [0, 0.05) is 26.2 Å². The molecule has 0 bridgehead atoms. The summed E-state index contributed by atoms with van der Waals surface area (Å²) in [7, 11) is 3.06. The van der Waals surface area contributed by atoms with Gasteiger partial charge in [-0.2, -0.15) is 18.2 Å². The highest BCUT2D eigenvalue weighted by atomic mass is 19.4. The smallest absolute Gasteiger partial charge is 0.428 e. The van der Waals surface area contributed by atoms with Gasteiger partial charge in [-0.25, -0.2) is 4.39 Å². The number of likely N-dealkylation sites (N-methyl/N-ethyl adjacent to an activating group) is 1. The molecule has 0 radical (unpaired) electrons. The molecule has 0 saturated carbocycles.